The SMILES string of the molecule is [Ca+2].[O-]B[O-]. The molecule has 4 heteroatoms. The molecule has 0 aliphatic heterocycles. The third kappa shape index (κ3) is 10.6. The second kappa shape index (κ2) is 8.87. The van der Waals surface area contributed by atoms with Crippen LogP contribution in [0.4, 0.5) is 0 Å². The van der Waals surface area contributed by atoms with Crippen molar-refractivity contribution in [3.63, 3.8) is 0 Å². The first kappa shape index (κ1) is 8.98. The van der Waals surface area contributed by atoms with Gasteiger partial charge in [0.05, 0.1) is 0 Å². The third-order valence-electron chi connectivity index (χ3n) is 0. The normalized spacial score (nSPS) is 3.50. The second-order valence-corrected chi connectivity index (χ2v) is 0.118. The van der Waals surface area contributed by atoms with Crippen LogP contribution in [0.15, 0.2) is 0 Å². The fraction of sp³-hybridized carbons (Fsp3) is 0. The van der Waals surface area contributed by atoms with Gasteiger partial charge in [0.2, 0.25) is 0 Å². The van der Waals surface area contributed by atoms with E-state index in [4.69, 9.17) is 10.0 Å². The van der Waals surface area contributed by atoms with Crippen molar-refractivity contribution in [2.75, 3.05) is 0 Å². The molecule has 0 N–H and O–H groups in total. The molecule has 0 saturated carbocycles. The van der Waals surface area contributed by atoms with Gasteiger partial charge in [-0.25, -0.2) is 0 Å². The average molecular weight is 83.9 g/mol. The van der Waals surface area contributed by atoms with Gasteiger partial charge in [-0.2, -0.15) is 0 Å². The molecule has 0 bridgehead atoms. The van der Waals surface area contributed by atoms with E-state index in [0.717, 1.165) is 0 Å². The van der Waals surface area contributed by atoms with Crippen molar-refractivity contribution >= 4 is 45.4 Å². The van der Waals surface area contributed by atoms with Gasteiger partial charge in [-0.1, -0.05) is 0 Å². The molecule has 0 aliphatic rings. The third-order valence-corrected chi connectivity index (χ3v) is 0. The summed E-state index contributed by atoms with van der Waals surface area (Å²) in [6, 6.07) is 0. The van der Waals surface area contributed by atoms with E-state index in [2.05, 4.69) is 0 Å². The van der Waals surface area contributed by atoms with E-state index in [1.54, 1.807) is 0 Å². The Bertz CT molecular complexity index is 6.00. The molecule has 0 spiro atoms. The molecular formula is HBCaO2. The maximum Gasteiger partial charge on any atom is 2.00 e. The molecule has 4 heavy (non-hydrogen) atoms. The van der Waals surface area contributed by atoms with Crippen molar-refractivity contribution < 1.29 is 10.0 Å². The molecule has 0 atom stereocenters. The summed E-state index contributed by atoms with van der Waals surface area (Å²) < 4.78 is 0. The minimum absolute atomic E-state index is 0. The van der Waals surface area contributed by atoms with E-state index in [1.165, 1.54) is 0 Å². The standard InChI is InChI=1S/BHO2.Ca/c2-1-3;/h1H;/q-2;+2. The van der Waals surface area contributed by atoms with Crippen LogP contribution in [0.2, 0.25) is 0 Å². The van der Waals surface area contributed by atoms with Crippen LogP contribution in [0.25, 0.3) is 0 Å². The number of rotatable bonds is 0. The first-order chi connectivity index (χ1) is 1.41. The molecule has 0 saturated heterocycles. The van der Waals surface area contributed by atoms with E-state index in [0.29, 0.717) is 0 Å². The molecule has 0 amide bonds. The summed E-state index contributed by atoms with van der Waals surface area (Å²) in [6.45, 7) is 0. The summed E-state index contributed by atoms with van der Waals surface area (Å²) in [6.07, 6.45) is 0. The van der Waals surface area contributed by atoms with Crippen LogP contribution in [0.1, 0.15) is 0 Å². The van der Waals surface area contributed by atoms with Crippen LogP contribution in [-0.2, 0) is 0 Å². The van der Waals surface area contributed by atoms with Crippen LogP contribution in [0.3, 0.4) is 0 Å². The molecule has 0 aromatic rings. The van der Waals surface area contributed by atoms with Crippen molar-refractivity contribution in [1.82, 2.24) is 0 Å². The molecular weight excluding hydrogens is 82.9 g/mol. The van der Waals surface area contributed by atoms with Crippen molar-refractivity contribution in [2.24, 2.45) is 0 Å². The Morgan fingerprint density at radius 2 is 1.25 bits per heavy atom. The molecule has 0 heterocycles. The molecule has 0 aromatic heterocycles. The van der Waals surface area contributed by atoms with Gasteiger partial charge >= 0.3 is 37.7 Å². The predicted molar refractivity (Wildman–Crippen MR) is 12.9 cm³/mol. The number of hydrogen-bond donors (Lipinski definition) is 0. The predicted octanol–water partition coefficient (Wildman–Crippen LogP) is -3.41. The van der Waals surface area contributed by atoms with Crippen LogP contribution < -0.4 is 10.0 Å². The smallest absolute Gasteiger partial charge is 0.896 e. The Morgan fingerprint density at radius 1 is 1.25 bits per heavy atom. The molecule has 0 rings (SSSR count). The molecule has 0 aromatic carbocycles. The van der Waals surface area contributed by atoms with Gasteiger partial charge in [0.25, 0.3) is 0 Å². The summed E-state index contributed by atoms with van der Waals surface area (Å²) in [5, 5.41) is 16.8. The van der Waals surface area contributed by atoms with Crippen LogP contribution in [0.5, 0.6) is 0 Å². The zero-order chi connectivity index (χ0) is 2.71. The van der Waals surface area contributed by atoms with Crippen molar-refractivity contribution in [1.29, 1.82) is 0 Å². The summed E-state index contributed by atoms with van der Waals surface area (Å²) in [5.41, 5.74) is 0. The van der Waals surface area contributed by atoms with Gasteiger partial charge in [0.1, 0.15) is 0 Å². The summed E-state index contributed by atoms with van der Waals surface area (Å²) in [5.74, 6) is 0. The van der Waals surface area contributed by atoms with E-state index in [1.807, 2.05) is 0 Å². The summed E-state index contributed by atoms with van der Waals surface area (Å²) >= 11 is 0. The van der Waals surface area contributed by atoms with Crippen molar-refractivity contribution in [3.8, 4) is 0 Å². The van der Waals surface area contributed by atoms with Gasteiger partial charge in [0, 0.05) is 0 Å². The van der Waals surface area contributed by atoms with Gasteiger partial charge in [0.15, 0.2) is 0 Å². The maximum atomic E-state index is 8.38. The fourth-order valence-electron chi connectivity index (χ4n) is 0. The first-order valence-electron chi connectivity index (χ1n) is 0.577. The van der Waals surface area contributed by atoms with E-state index >= 15 is 0 Å². The topological polar surface area (TPSA) is 46.1 Å². The average Bonchev–Trinajstić information content (AvgIpc) is 0.918. The fourth-order valence-corrected chi connectivity index (χ4v) is 0. The Morgan fingerprint density at radius 3 is 1.25 bits per heavy atom. The van der Waals surface area contributed by atoms with Crippen LogP contribution >= 0.6 is 0 Å². The quantitative estimate of drug-likeness (QED) is 0.287. The largest absolute Gasteiger partial charge is 2.00 e. The van der Waals surface area contributed by atoms with E-state index < -0.39 is 7.69 Å². The molecule has 0 fully saturated rings. The molecule has 2 nitrogen and oxygen atoms in total. The Balaban J connectivity index is 0. The zero-order valence-corrected chi connectivity index (χ0v) is 4.44. The van der Waals surface area contributed by atoms with Crippen molar-refractivity contribution in [2.45, 2.75) is 0 Å². The summed E-state index contributed by atoms with van der Waals surface area (Å²) in [7, 11) is -1.25. The van der Waals surface area contributed by atoms with Gasteiger partial charge in [-0.15, -0.1) is 7.69 Å². The molecule has 0 aliphatic carbocycles. The van der Waals surface area contributed by atoms with Gasteiger partial charge in [-0.3, -0.25) is 0 Å². The molecule has 0 radical (unpaired) electrons. The number of hydrogen-bond acceptors (Lipinski definition) is 2. The minimum atomic E-state index is -1.25. The van der Waals surface area contributed by atoms with Gasteiger partial charge in [-0.05, 0) is 0 Å². The van der Waals surface area contributed by atoms with E-state index in [-0.39, 0.29) is 37.7 Å². The minimum Gasteiger partial charge on any atom is -0.896 e. The van der Waals surface area contributed by atoms with E-state index in [9.17, 15) is 0 Å². The van der Waals surface area contributed by atoms with Gasteiger partial charge < -0.3 is 10.0 Å². The molecule has 0 unspecified atom stereocenters. The zero-order valence-electron chi connectivity index (χ0n) is 2.23. The van der Waals surface area contributed by atoms with Crippen LogP contribution in [0, 0.1) is 0 Å². The Kier molecular flexibility index (Phi) is 19.9. The first-order valence-corrected chi connectivity index (χ1v) is 0.577. The Labute approximate surface area is 55.1 Å². The van der Waals surface area contributed by atoms with Crippen molar-refractivity contribution in [3.05, 3.63) is 0 Å². The second-order valence-electron chi connectivity index (χ2n) is 0.118. The Hall–Kier alpha value is 1.24. The molecule has 18 valence electrons. The monoisotopic (exact) mass is 84.0 g/mol. The maximum absolute atomic E-state index is 8.38. The van der Waals surface area contributed by atoms with Crippen LogP contribution in [-0.4, -0.2) is 45.4 Å². The summed E-state index contributed by atoms with van der Waals surface area (Å²) in [4.78, 5) is 0.